The fraction of sp³-hybridized carbons (Fsp3) is 0.625. The minimum Gasteiger partial charge on any atom is -0.481 e. The molecule has 0 fully saturated rings. The molecule has 6 heteroatoms. The molecular weight excluding hydrogens is 190 g/mol. The Bertz CT molecular complexity index is 226. The average molecular weight is 203 g/mol. The maximum Gasteiger partial charge on any atom is 0.315 e. The van der Waals surface area contributed by atoms with E-state index in [1.54, 1.807) is 6.92 Å². The van der Waals surface area contributed by atoms with Gasteiger partial charge in [0.2, 0.25) is 5.91 Å². The van der Waals surface area contributed by atoms with Crippen LogP contribution in [0.2, 0.25) is 0 Å². The van der Waals surface area contributed by atoms with E-state index < -0.39 is 17.8 Å². The number of carbonyl (C=O) groups excluding carboxylic acids is 2. The zero-order valence-corrected chi connectivity index (χ0v) is 7.91. The molecule has 6 nitrogen and oxygen atoms in total. The molecule has 0 aromatic heterocycles. The summed E-state index contributed by atoms with van der Waals surface area (Å²) >= 11 is 0. The predicted molar refractivity (Wildman–Crippen MR) is 46.5 cm³/mol. The molecule has 0 aliphatic carbocycles. The topological polar surface area (TPSA) is 92.7 Å². The lowest BCUT2D eigenvalue weighted by Gasteiger charge is -2.02. The van der Waals surface area contributed by atoms with Crippen molar-refractivity contribution < 1.29 is 24.2 Å². The molecule has 0 saturated heterocycles. The number of hydrogen-bond acceptors (Lipinski definition) is 4. The molecule has 0 saturated carbocycles. The lowest BCUT2D eigenvalue weighted by molar-refractivity contribution is -0.145. The number of nitrogens with one attached hydrogen (secondary N) is 1. The smallest absolute Gasteiger partial charge is 0.315 e. The summed E-state index contributed by atoms with van der Waals surface area (Å²) in [6.07, 6.45) is -0.526. The number of amides is 1. The SMILES string of the molecule is CCOC(=O)CC(=O)NCCC(=O)O. The van der Waals surface area contributed by atoms with Gasteiger partial charge in [0.15, 0.2) is 0 Å². The number of rotatable bonds is 6. The molecule has 80 valence electrons. The molecule has 0 aliphatic heterocycles. The summed E-state index contributed by atoms with van der Waals surface area (Å²) in [5.74, 6) is -2.13. The van der Waals surface area contributed by atoms with Crippen LogP contribution in [0.1, 0.15) is 19.8 Å². The zero-order chi connectivity index (χ0) is 11.0. The summed E-state index contributed by atoms with van der Waals surface area (Å²) in [6, 6.07) is 0. The molecule has 0 aromatic rings. The molecule has 0 heterocycles. The Morgan fingerprint density at radius 1 is 1.36 bits per heavy atom. The van der Waals surface area contributed by atoms with Crippen molar-refractivity contribution in [1.82, 2.24) is 5.32 Å². The number of hydrogen-bond donors (Lipinski definition) is 2. The van der Waals surface area contributed by atoms with Gasteiger partial charge in [0.1, 0.15) is 6.42 Å². The second-order valence-electron chi connectivity index (χ2n) is 2.48. The molecule has 0 rings (SSSR count). The summed E-state index contributed by atoms with van der Waals surface area (Å²) in [7, 11) is 0. The number of carbonyl (C=O) groups is 3. The van der Waals surface area contributed by atoms with Gasteiger partial charge in [0.05, 0.1) is 13.0 Å². The fourth-order valence-corrected chi connectivity index (χ4v) is 0.714. The third-order valence-corrected chi connectivity index (χ3v) is 1.27. The van der Waals surface area contributed by atoms with Crippen LogP contribution < -0.4 is 5.32 Å². The van der Waals surface area contributed by atoms with Gasteiger partial charge in [-0.15, -0.1) is 0 Å². The van der Waals surface area contributed by atoms with E-state index in [1.807, 2.05) is 0 Å². The Labute approximate surface area is 81.2 Å². The molecule has 0 unspecified atom stereocenters. The van der Waals surface area contributed by atoms with Gasteiger partial charge in [-0.2, -0.15) is 0 Å². The first-order valence-corrected chi connectivity index (χ1v) is 4.20. The molecule has 14 heavy (non-hydrogen) atoms. The van der Waals surface area contributed by atoms with Crippen molar-refractivity contribution in [2.45, 2.75) is 19.8 Å². The summed E-state index contributed by atoms with van der Waals surface area (Å²) in [6.45, 7) is 1.88. The third-order valence-electron chi connectivity index (χ3n) is 1.27. The van der Waals surface area contributed by atoms with Crippen LogP contribution in [-0.4, -0.2) is 36.1 Å². The van der Waals surface area contributed by atoms with Crippen LogP contribution in [0.4, 0.5) is 0 Å². The van der Waals surface area contributed by atoms with Gasteiger partial charge < -0.3 is 15.2 Å². The van der Waals surface area contributed by atoms with E-state index in [-0.39, 0.29) is 26.0 Å². The largest absolute Gasteiger partial charge is 0.481 e. The van der Waals surface area contributed by atoms with E-state index >= 15 is 0 Å². The highest BCUT2D eigenvalue weighted by atomic mass is 16.5. The molecule has 0 aromatic carbocycles. The maximum absolute atomic E-state index is 10.9. The fourth-order valence-electron chi connectivity index (χ4n) is 0.714. The molecule has 0 radical (unpaired) electrons. The second kappa shape index (κ2) is 6.88. The maximum atomic E-state index is 10.9. The quantitative estimate of drug-likeness (QED) is 0.449. The van der Waals surface area contributed by atoms with Crippen LogP contribution in [-0.2, 0) is 19.1 Å². The van der Waals surface area contributed by atoms with E-state index in [1.165, 1.54) is 0 Å². The minimum absolute atomic E-state index is 0.0214. The number of aliphatic carboxylic acids is 1. The van der Waals surface area contributed by atoms with Crippen LogP contribution in [0.25, 0.3) is 0 Å². The number of esters is 1. The first-order chi connectivity index (χ1) is 6.56. The van der Waals surface area contributed by atoms with Crippen molar-refractivity contribution in [3.05, 3.63) is 0 Å². The summed E-state index contributed by atoms with van der Waals surface area (Å²) in [5.41, 5.74) is 0. The highest BCUT2D eigenvalue weighted by Gasteiger charge is 2.09. The van der Waals surface area contributed by atoms with Gasteiger partial charge in [-0.3, -0.25) is 14.4 Å². The summed E-state index contributed by atoms with van der Waals surface area (Å²) in [5, 5.41) is 10.5. The van der Waals surface area contributed by atoms with Crippen molar-refractivity contribution in [1.29, 1.82) is 0 Å². The lowest BCUT2D eigenvalue weighted by Crippen LogP contribution is -2.28. The van der Waals surface area contributed by atoms with Crippen LogP contribution >= 0.6 is 0 Å². The van der Waals surface area contributed by atoms with Crippen molar-refractivity contribution in [2.24, 2.45) is 0 Å². The van der Waals surface area contributed by atoms with Crippen molar-refractivity contribution in [3.63, 3.8) is 0 Å². The predicted octanol–water partition coefficient (Wildman–Crippen LogP) is -0.469. The zero-order valence-electron chi connectivity index (χ0n) is 7.91. The molecule has 0 spiro atoms. The van der Waals surface area contributed by atoms with Crippen LogP contribution in [0.5, 0.6) is 0 Å². The molecular formula is C8H13NO5. The second-order valence-corrected chi connectivity index (χ2v) is 2.48. The normalized spacial score (nSPS) is 9.21. The first-order valence-electron chi connectivity index (χ1n) is 4.20. The Kier molecular flexibility index (Phi) is 6.09. The summed E-state index contributed by atoms with van der Waals surface area (Å²) in [4.78, 5) is 31.7. The van der Waals surface area contributed by atoms with Crippen molar-refractivity contribution in [3.8, 4) is 0 Å². The Balaban J connectivity index is 3.55. The van der Waals surface area contributed by atoms with Gasteiger partial charge >= 0.3 is 11.9 Å². The molecule has 1 amide bonds. The van der Waals surface area contributed by atoms with Gasteiger partial charge in [-0.1, -0.05) is 0 Å². The highest BCUT2D eigenvalue weighted by Crippen LogP contribution is 1.86. The van der Waals surface area contributed by atoms with E-state index in [2.05, 4.69) is 10.1 Å². The van der Waals surface area contributed by atoms with Crippen molar-refractivity contribution >= 4 is 17.8 Å². The van der Waals surface area contributed by atoms with Crippen LogP contribution in [0.3, 0.4) is 0 Å². The van der Waals surface area contributed by atoms with Crippen LogP contribution in [0.15, 0.2) is 0 Å². The van der Waals surface area contributed by atoms with Crippen LogP contribution in [0, 0.1) is 0 Å². The lowest BCUT2D eigenvalue weighted by atomic mass is 10.3. The summed E-state index contributed by atoms with van der Waals surface area (Å²) < 4.78 is 4.52. The van der Waals surface area contributed by atoms with E-state index in [0.29, 0.717) is 0 Å². The highest BCUT2D eigenvalue weighted by molar-refractivity contribution is 5.94. The van der Waals surface area contributed by atoms with E-state index in [4.69, 9.17) is 5.11 Å². The minimum atomic E-state index is -0.999. The van der Waals surface area contributed by atoms with E-state index in [0.717, 1.165) is 0 Å². The Hall–Kier alpha value is -1.59. The number of carboxylic acids is 1. The van der Waals surface area contributed by atoms with Gasteiger partial charge in [-0.25, -0.2) is 0 Å². The first kappa shape index (κ1) is 12.4. The van der Waals surface area contributed by atoms with E-state index in [9.17, 15) is 14.4 Å². The van der Waals surface area contributed by atoms with Gasteiger partial charge in [0, 0.05) is 6.54 Å². The Morgan fingerprint density at radius 3 is 2.50 bits per heavy atom. The molecule has 2 N–H and O–H groups in total. The molecule has 0 atom stereocenters. The van der Waals surface area contributed by atoms with Gasteiger partial charge in [-0.05, 0) is 6.92 Å². The van der Waals surface area contributed by atoms with Gasteiger partial charge in [0.25, 0.3) is 0 Å². The third kappa shape index (κ3) is 7.08. The van der Waals surface area contributed by atoms with Crippen molar-refractivity contribution in [2.75, 3.05) is 13.2 Å². The molecule has 0 aliphatic rings. The monoisotopic (exact) mass is 203 g/mol. The number of ether oxygens (including phenoxy) is 1. The Morgan fingerprint density at radius 2 is 2.00 bits per heavy atom. The average Bonchev–Trinajstić information content (AvgIpc) is 2.03. The number of carboxylic acid groups (broad SMARTS) is 1. The molecule has 0 bridgehead atoms. The standard InChI is InChI=1S/C8H13NO5/c1-2-14-8(13)5-6(10)9-4-3-7(11)12/h2-5H2,1H3,(H,9,10)(H,11,12).